The van der Waals surface area contributed by atoms with Gasteiger partial charge in [0.05, 0.1) is 0 Å². The number of carbonyl (C=O) groups is 2. The van der Waals surface area contributed by atoms with Crippen LogP contribution in [0.3, 0.4) is 0 Å². The number of aromatic nitrogens is 1. The van der Waals surface area contributed by atoms with Gasteiger partial charge in [-0.1, -0.05) is 30.3 Å². The molecule has 0 atom stereocenters. The molecule has 2 amide bonds. The molecule has 144 valence electrons. The van der Waals surface area contributed by atoms with Crippen molar-refractivity contribution < 1.29 is 14.3 Å². The third-order valence-electron chi connectivity index (χ3n) is 4.13. The maximum absolute atomic E-state index is 13.0. The lowest BCUT2D eigenvalue weighted by molar-refractivity contribution is 0.0690. The fourth-order valence-electron chi connectivity index (χ4n) is 2.63. The number of amides is 2. The van der Waals surface area contributed by atoms with Gasteiger partial charge in [0.1, 0.15) is 5.69 Å². The molecule has 0 radical (unpaired) electrons. The van der Waals surface area contributed by atoms with Crippen LogP contribution in [0.25, 0.3) is 0 Å². The van der Waals surface area contributed by atoms with E-state index >= 15 is 0 Å². The molecule has 0 aliphatic heterocycles. The van der Waals surface area contributed by atoms with Gasteiger partial charge in [0.25, 0.3) is 11.8 Å². The summed E-state index contributed by atoms with van der Waals surface area (Å²) in [5.41, 5.74) is 1.75. The quantitative estimate of drug-likeness (QED) is 0.690. The van der Waals surface area contributed by atoms with Gasteiger partial charge in [0.15, 0.2) is 0 Å². The molecule has 1 aromatic heterocycles. The van der Waals surface area contributed by atoms with Crippen LogP contribution in [0.2, 0.25) is 0 Å². The minimum absolute atomic E-state index is 0.0252. The highest BCUT2D eigenvalue weighted by molar-refractivity contribution is 5.98. The lowest BCUT2D eigenvalue weighted by Gasteiger charge is -2.27. The van der Waals surface area contributed by atoms with Crippen molar-refractivity contribution >= 4 is 11.8 Å². The van der Waals surface area contributed by atoms with Gasteiger partial charge < -0.3 is 15.0 Å². The average molecular weight is 369 g/mol. The minimum Gasteiger partial charge on any atom is -0.385 e. The molecule has 27 heavy (non-hydrogen) atoms. The van der Waals surface area contributed by atoms with Crippen molar-refractivity contribution in [1.82, 2.24) is 15.2 Å². The second-order valence-corrected chi connectivity index (χ2v) is 6.54. The topological polar surface area (TPSA) is 71.5 Å². The number of ether oxygens (including phenoxy) is 1. The third-order valence-corrected chi connectivity index (χ3v) is 4.13. The molecule has 1 heterocycles. The van der Waals surface area contributed by atoms with Gasteiger partial charge in [-0.3, -0.25) is 14.6 Å². The van der Waals surface area contributed by atoms with Crippen LogP contribution >= 0.6 is 0 Å². The van der Waals surface area contributed by atoms with Crippen LogP contribution in [-0.4, -0.2) is 48.0 Å². The fourth-order valence-corrected chi connectivity index (χ4v) is 2.63. The SMILES string of the molecule is COCCCNC(=O)c1cc(C(=O)N(Cc2ccccc2)C(C)C)ccn1. The van der Waals surface area contributed by atoms with Crippen molar-refractivity contribution in [2.75, 3.05) is 20.3 Å². The number of carbonyl (C=O) groups excluding carboxylic acids is 2. The first-order valence-corrected chi connectivity index (χ1v) is 9.11. The Morgan fingerprint density at radius 3 is 2.59 bits per heavy atom. The molecule has 2 aromatic rings. The van der Waals surface area contributed by atoms with E-state index < -0.39 is 0 Å². The van der Waals surface area contributed by atoms with Gasteiger partial charge in [-0.2, -0.15) is 0 Å². The molecule has 0 saturated carbocycles. The van der Waals surface area contributed by atoms with E-state index in [4.69, 9.17) is 4.74 Å². The fraction of sp³-hybridized carbons (Fsp3) is 0.381. The first-order valence-electron chi connectivity index (χ1n) is 9.11. The van der Waals surface area contributed by atoms with Crippen molar-refractivity contribution in [3.05, 3.63) is 65.5 Å². The molecule has 0 spiro atoms. The summed E-state index contributed by atoms with van der Waals surface area (Å²) >= 11 is 0. The Hall–Kier alpha value is -2.73. The minimum atomic E-state index is -0.292. The first kappa shape index (κ1) is 20.6. The molecule has 6 heteroatoms. The Kier molecular flexibility index (Phi) is 7.95. The second-order valence-electron chi connectivity index (χ2n) is 6.54. The summed E-state index contributed by atoms with van der Waals surface area (Å²) in [4.78, 5) is 31.1. The van der Waals surface area contributed by atoms with Crippen molar-refractivity contribution in [2.24, 2.45) is 0 Å². The average Bonchev–Trinajstić information content (AvgIpc) is 2.69. The van der Waals surface area contributed by atoms with E-state index in [1.807, 2.05) is 44.2 Å². The number of methoxy groups -OCH3 is 1. The number of hydrogen-bond acceptors (Lipinski definition) is 4. The normalized spacial score (nSPS) is 10.7. The number of nitrogens with zero attached hydrogens (tertiary/aromatic N) is 2. The van der Waals surface area contributed by atoms with E-state index in [-0.39, 0.29) is 23.6 Å². The summed E-state index contributed by atoms with van der Waals surface area (Å²) < 4.78 is 4.96. The monoisotopic (exact) mass is 369 g/mol. The number of benzene rings is 1. The standard InChI is InChI=1S/C21H27N3O3/c1-16(2)24(15-17-8-5-4-6-9-17)21(26)18-10-12-22-19(14-18)20(25)23-11-7-13-27-3/h4-6,8-10,12,14,16H,7,11,13,15H2,1-3H3,(H,23,25). The number of rotatable bonds is 9. The molecule has 6 nitrogen and oxygen atoms in total. The van der Waals surface area contributed by atoms with Crippen LogP contribution in [0.15, 0.2) is 48.7 Å². The number of pyridine rings is 1. The zero-order valence-electron chi connectivity index (χ0n) is 16.1. The molecule has 1 aromatic carbocycles. The molecule has 0 saturated heterocycles. The number of hydrogen-bond donors (Lipinski definition) is 1. The molecule has 0 fully saturated rings. The molecule has 0 unspecified atom stereocenters. The molecular formula is C21H27N3O3. The Balaban J connectivity index is 2.10. The van der Waals surface area contributed by atoms with Crippen LogP contribution in [0.5, 0.6) is 0 Å². The summed E-state index contributed by atoms with van der Waals surface area (Å²) in [5, 5.41) is 2.79. The lowest BCUT2D eigenvalue weighted by atomic mass is 10.1. The Labute approximate surface area is 160 Å². The van der Waals surface area contributed by atoms with Crippen LogP contribution in [0.1, 0.15) is 46.7 Å². The summed E-state index contributed by atoms with van der Waals surface area (Å²) in [5.74, 6) is -0.412. The zero-order chi connectivity index (χ0) is 19.6. The van der Waals surface area contributed by atoms with Crippen molar-refractivity contribution in [3.63, 3.8) is 0 Å². The van der Waals surface area contributed by atoms with E-state index in [0.717, 1.165) is 12.0 Å². The van der Waals surface area contributed by atoms with Crippen LogP contribution in [0, 0.1) is 0 Å². The smallest absolute Gasteiger partial charge is 0.269 e. The highest BCUT2D eigenvalue weighted by Gasteiger charge is 2.20. The van der Waals surface area contributed by atoms with Crippen LogP contribution in [0.4, 0.5) is 0 Å². The Morgan fingerprint density at radius 2 is 1.93 bits per heavy atom. The summed E-state index contributed by atoms with van der Waals surface area (Å²) in [6.07, 6.45) is 2.22. The predicted octanol–water partition coefficient (Wildman–Crippen LogP) is 2.90. The van der Waals surface area contributed by atoms with Crippen molar-refractivity contribution in [1.29, 1.82) is 0 Å². The summed E-state index contributed by atoms with van der Waals surface area (Å²) in [6.45, 7) is 5.54. The van der Waals surface area contributed by atoms with E-state index in [1.165, 1.54) is 6.20 Å². The van der Waals surface area contributed by atoms with E-state index in [9.17, 15) is 9.59 Å². The molecule has 1 N–H and O–H groups in total. The van der Waals surface area contributed by atoms with E-state index in [2.05, 4.69) is 10.3 Å². The van der Waals surface area contributed by atoms with E-state index in [1.54, 1.807) is 24.1 Å². The zero-order valence-corrected chi connectivity index (χ0v) is 16.1. The Morgan fingerprint density at radius 1 is 1.19 bits per heavy atom. The number of nitrogens with one attached hydrogen (secondary N) is 1. The predicted molar refractivity (Wildman–Crippen MR) is 105 cm³/mol. The largest absolute Gasteiger partial charge is 0.385 e. The van der Waals surface area contributed by atoms with Gasteiger partial charge in [-0.25, -0.2) is 0 Å². The lowest BCUT2D eigenvalue weighted by Crippen LogP contribution is -2.36. The van der Waals surface area contributed by atoms with Crippen LogP contribution < -0.4 is 5.32 Å². The molecule has 0 aliphatic carbocycles. The van der Waals surface area contributed by atoms with Gasteiger partial charge in [-0.15, -0.1) is 0 Å². The second kappa shape index (κ2) is 10.4. The molecule has 0 aliphatic rings. The van der Waals surface area contributed by atoms with Crippen molar-refractivity contribution in [2.45, 2.75) is 32.9 Å². The van der Waals surface area contributed by atoms with Crippen LogP contribution in [-0.2, 0) is 11.3 Å². The van der Waals surface area contributed by atoms with E-state index in [0.29, 0.717) is 25.3 Å². The summed E-state index contributed by atoms with van der Waals surface area (Å²) in [6, 6.07) is 13.1. The molecular weight excluding hydrogens is 342 g/mol. The van der Waals surface area contributed by atoms with Gasteiger partial charge >= 0.3 is 0 Å². The molecule has 0 bridgehead atoms. The maximum Gasteiger partial charge on any atom is 0.269 e. The highest BCUT2D eigenvalue weighted by Crippen LogP contribution is 2.14. The third kappa shape index (κ3) is 6.18. The summed E-state index contributed by atoms with van der Waals surface area (Å²) in [7, 11) is 1.62. The highest BCUT2D eigenvalue weighted by atomic mass is 16.5. The maximum atomic E-state index is 13.0. The van der Waals surface area contributed by atoms with Gasteiger partial charge in [0, 0.05) is 44.6 Å². The first-order chi connectivity index (χ1) is 13.0. The van der Waals surface area contributed by atoms with Crippen molar-refractivity contribution in [3.8, 4) is 0 Å². The van der Waals surface area contributed by atoms with Gasteiger partial charge in [-0.05, 0) is 38.0 Å². The van der Waals surface area contributed by atoms with Gasteiger partial charge in [0.2, 0.25) is 0 Å². The Bertz CT molecular complexity index is 747. The molecule has 2 rings (SSSR count).